The van der Waals surface area contributed by atoms with Gasteiger partial charge in [0.1, 0.15) is 0 Å². The molecule has 0 spiro atoms. The minimum Gasteiger partial charge on any atom is -0.353 e. The lowest BCUT2D eigenvalue weighted by Gasteiger charge is -2.20. The Balaban J connectivity index is 1.85. The summed E-state index contributed by atoms with van der Waals surface area (Å²) in [6.07, 6.45) is 2.91. The number of carbonyl (C=O) groups excluding carboxylic acids is 1. The zero-order chi connectivity index (χ0) is 12.0. The fourth-order valence-electron chi connectivity index (χ4n) is 1.38. The quantitative estimate of drug-likeness (QED) is 0.559. The Morgan fingerprint density at radius 2 is 1.88 bits per heavy atom. The second-order valence-electron chi connectivity index (χ2n) is 5.52. The Morgan fingerprint density at radius 1 is 1.19 bits per heavy atom. The highest BCUT2D eigenvalue weighted by Crippen LogP contribution is 2.18. The van der Waals surface area contributed by atoms with Crippen molar-refractivity contribution < 1.29 is 4.79 Å². The highest BCUT2D eigenvalue weighted by Gasteiger charge is 2.22. The van der Waals surface area contributed by atoms with Crippen molar-refractivity contribution in [3.63, 3.8) is 0 Å². The SMILES string of the molecule is CC(C)(C)NCCNCCC(=O)NC1CC1. The summed E-state index contributed by atoms with van der Waals surface area (Å²) in [4.78, 5) is 11.3. The lowest BCUT2D eigenvalue weighted by Crippen LogP contribution is -2.40. The Labute approximate surface area is 98.6 Å². The first-order chi connectivity index (χ1) is 7.47. The summed E-state index contributed by atoms with van der Waals surface area (Å²) in [6, 6.07) is 0.482. The molecule has 1 amide bonds. The Bertz CT molecular complexity index is 219. The fourth-order valence-corrected chi connectivity index (χ4v) is 1.38. The number of rotatable bonds is 7. The molecule has 4 nitrogen and oxygen atoms in total. The molecule has 0 aromatic heterocycles. The molecule has 0 aromatic rings. The second kappa shape index (κ2) is 6.21. The molecule has 1 fully saturated rings. The molecule has 1 rings (SSSR count). The minimum absolute atomic E-state index is 0.172. The van der Waals surface area contributed by atoms with Gasteiger partial charge in [0.2, 0.25) is 5.91 Å². The van der Waals surface area contributed by atoms with Crippen LogP contribution in [0.4, 0.5) is 0 Å². The summed E-state index contributed by atoms with van der Waals surface area (Å²) in [5.41, 5.74) is 0.172. The maximum absolute atomic E-state index is 11.3. The van der Waals surface area contributed by atoms with E-state index in [1.807, 2.05) is 0 Å². The van der Waals surface area contributed by atoms with Crippen LogP contribution in [0, 0.1) is 0 Å². The maximum atomic E-state index is 11.3. The van der Waals surface area contributed by atoms with Crippen LogP contribution in [0.3, 0.4) is 0 Å². The summed E-state index contributed by atoms with van der Waals surface area (Å²) in [5.74, 6) is 0.179. The third-order valence-corrected chi connectivity index (χ3v) is 2.43. The summed E-state index contributed by atoms with van der Waals surface area (Å²) in [7, 11) is 0. The first-order valence-corrected chi connectivity index (χ1v) is 6.22. The van der Waals surface area contributed by atoms with Gasteiger partial charge in [-0.1, -0.05) is 0 Å². The van der Waals surface area contributed by atoms with Crippen molar-refractivity contribution in [1.82, 2.24) is 16.0 Å². The number of carbonyl (C=O) groups is 1. The standard InChI is InChI=1S/C12H25N3O/c1-12(2,3)14-9-8-13-7-6-11(16)15-10-4-5-10/h10,13-14H,4-9H2,1-3H3,(H,15,16). The molecule has 16 heavy (non-hydrogen) atoms. The maximum Gasteiger partial charge on any atom is 0.221 e. The molecule has 0 saturated heterocycles. The minimum atomic E-state index is 0.172. The zero-order valence-electron chi connectivity index (χ0n) is 10.7. The summed E-state index contributed by atoms with van der Waals surface area (Å²) in [5, 5.41) is 9.62. The van der Waals surface area contributed by atoms with Crippen molar-refractivity contribution >= 4 is 5.91 Å². The van der Waals surface area contributed by atoms with Crippen molar-refractivity contribution in [3.05, 3.63) is 0 Å². The number of hydrogen-bond donors (Lipinski definition) is 3. The average Bonchev–Trinajstić information content (AvgIpc) is 2.93. The van der Waals surface area contributed by atoms with E-state index in [-0.39, 0.29) is 11.4 Å². The van der Waals surface area contributed by atoms with Crippen molar-refractivity contribution in [1.29, 1.82) is 0 Å². The molecule has 0 unspecified atom stereocenters. The Morgan fingerprint density at radius 3 is 2.44 bits per heavy atom. The van der Waals surface area contributed by atoms with Crippen molar-refractivity contribution in [2.75, 3.05) is 19.6 Å². The number of amides is 1. The van der Waals surface area contributed by atoms with E-state index in [2.05, 4.69) is 36.7 Å². The molecule has 3 N–H and O–H groups in total. The van der Waals surface area contributed by atoms with E-state index in [9.17, 15) is 4.79 Å². The third kappa shape index (κ3) is 7.65. The van der Waals surface area contributed by atoms with Crippen LogP contribution in [0.1, 0.15) is 40.0 Å². The van der Waals surface area contributed by atoms with Gasteiger partial charge in [-0.3, -0.25) is 4.79 Å². The van der Waals surface area contributed by atoms with Gasteiger partial charge >= 0.3 is 0 Å². The first-order valence-electron chi connectivity index (χ1n) is 6.22. The number of nitrogens with one attached hydrogen (secondary N) is 3. The van der Waals surface area contributed by atoms with Crippen LogP contribution in [0.5, 0.6) is 0 Å². The Kier molecular flexibility index (Phi) is 5.22. The third-order valence-electron chi connectivity index (χ3n) is 2.43. The predicted molar refractivity (Wildman–Crippen MR) is 66.4 cm³/mol. The van der Waals surface area contributed by atoms with Crippen molar-refractivity contribution in [2.24, 2.45) is 0 Å². The van der Waals surface area contributed by atoms with Crippen molar-refractivity contribution in [3.8, 4) is 0 Å². The van der Waals surface area contributed by atoms with E-state index in [1.165, 1.54) is 0 Å². The van der Waals surface area contributed by atoms with Crippen molar-refractivity contribution in [2.45, 2.75) is 51.6 Å². The van der Waals surface area contributed by atoms with Crippen LogP contribution in [-0.4, -0.2) is 37.1 Å². The van der Waals surface area contributed by atoms with Crippen LogP contribution in [0.2, 0.25) is 0 Å². The largest absolute Gasteiger partial charge is 0.353 e. The van der Waals surface area contributed by atoms with E-state index in [0.29, 0.717) is 12.5 Å². The smallest absolute Gasteiger partial charge is 0.221 e. The van der Waals surface area contributed by atoms with Gasteiger partial charge in [-0.25, -0.2) is 0 Å². The van der Waals surface area contributed by atoms with E-state index >= 15 is 0 Å². The van der Waals surface area contributed by atoms with E-state index in [1.54, 1.807) is 0 Å². The lowest BCUT2D eigenvalue weighted by atomic mass is 10.1. The second-order valence-corrected chi connectivity index (χ2v) is 5.52. The molecule has 0 heterocycles. The molecule has 0 bridgehead atoms. The molecule has 94 valence electrons. The van der Waals surface area contributed by atoms with Gasteiger partial charge < -0.3 is 16.0 Å². The van der Waals surface area contributed by atoms with Gasteiger partial charge in [-0.2, -0.15) is 0 Å². The zero-order valence-corrected chi connectivity index (χ0v) is 10.7. The topological polar surface area (TPSA) is 53.2 Å². The molecule has 4 heteroatoms. The van der Waals surface area contributed by atoms with Crippen LogP contribution in [0.25, 0.3) is 0 Å². The summed E-state index contributed by atoms with van der Waals surface area (Å²) in [6.45, 7) is 9.06. The first kappa shape index (κ1) is 13.5. The molecule has 1 aliphatic carbocycles. The van der Waals surface area contributed by atoms with Gasteiger partial charge in [-0.15, -0.1) is 0 Å². The predicted octanol–water partition coefficient (Wildman–Crippen LogP) is 0.633. The molecule has 0 aliphatic heterocycles. The molecular formula is C12H25N3O. The normalized spacial score (nSPS) is 16.2. The van der Waals surface area contributed by atoms with E-state index in [0.717, 1.165) is 32.5 Å². The lowest BCUT2D eigenvalue weighted by molar-refractivity contribution is -0.121. The van der Waals surface area contributed by atoms with Gasteiger partial charge in [0.05, 0.1) is 0 Å². The van der Waals surface area contributed by atoms with E-state index < -0.39 is 0 Å². The average molecular weight is 227 g/mol. The number of hydrogen-bond acceptors (Lipinski definition) is 3. The molecule has 0 atom stereocenters. The Hall–Kier alpha value is -0.610. The molecular weight excluding hydrogens is 202 g/mol. The van der Waals surface area contributed by atoms with Crippen LogP contribution < -0.4 is 16.0 Å². The molecule has 1 aliphatic rings. The summed E-state index contributed by atoms with van der Waals surface area (Å²) >= 11 is 0. The van der Waals surface area contributed by atoms with Gasteiger partial charge in [0.25, 0.3) is 0 Å². The molecule has 0 aromatic carbocycles. The highest BCUT2D eigenvalue weighted by atomic mass is 16.1. The van der Waals surface area contributed by atoms with Gasteiger partial charge in [-0.05, 0) is 33.6 Å². The molecule has 0 radical (unpaired) electrons. The van der Waals surface area contributed by atoms with Gasteiger partial charge in [0, 0.05) is 37.6 Å². The van der Waals surface area contributed by atoms with E-state index in [4.69, 9.17) is 0 Å². The molecule has 1 saturated carbocycles. The monoisotopic (exact) mass is 227 g/mol. The summed E-state index contributed by atoms with van der Waals surface area (Å²) < 4.78 is 0. The van der Waals surface area contributed by atoms with Crippen LogP contribution in [-0.2, 0) is 4.79 Å². The van der Waals surface area contributed by atoms with Gasteiger partial charge in [0.15, 0.2) is 0 Å². The van der Waals surface area contributed by atoms with Crippen LogP contribution in [0.15, 0.2) is 0 Å². The highest BCUT2D eigenvalue weighted by molar-refractivity contribution is 5.76. The van der Waals surface area contributed by atoms with Crippen LogP contribution >= 0.6 is 0 Å². The fraction of sp³-hybridized carbons (Fsp3) is 0.917.